The van der Waals surface area contributed by atoms with Gasteiger partial charge in [-0.15, -0.1) is 5.10 Å². The first-order valence-corrected chi connectivity index (χ1v) is 8.52. The highest BCUT2D eigenvalue weighted by molar-refractivity contribution is 7.99. The zero-order valence-electron chi connectivity index (χ0n) is 13.9. The monoisotopic (exact) mass is 348 g/mol. The first-order valence-electron chi connectivity index (χ1n) is 7.53. The molecule has 1 heterocycles. The first kappa shape index (κ1) is 17.9. The predicted molar refractivity (Wildman–Crippen MR) is 91.0 cm³/mol. The highest BCUT2D eigenvalue weighted by Gasteiger charge is 2.13. The molecule has 2 rings (SSSR count). The molecule has 0 unspecified atom stereocenters. The second-order valence-electron chi connectivity index (χ2n) is 5.18. The van der Waals surface area contributed by atoms with Crippen LogP contribution < -0.4 is 10.6 Å². The number of rotatable bonds is 7. The van der Waals surface area contributed by atoms with Crippen molar-refractivity contribution in [1.82, 2.24) is 30.8 Å². The van der Waals surface area contributed by atoms with Crippen LogP contribution in [0.3, 0.4) is 0 Å². The molecule has 0 saturated heterocycles. The van der Waals surface area contributed by atoms with E-state index in [4.69, 9.17) is 0 Å². The van der Waals surface area contributed by atoms with Crippen LogP contribution in [0.1, 0.15) is 18.1 Å². The summed E-state index contributed by atoms with van der Waals surface area (Å²) < 4.78 is 1.61. The van der Waals surface area contributed by atoms with Gasteiger partial charge in [-0.1, -0.05) is 29.5 Å². The third-order valence-electron chi connectivity index (χ3n) is 3.17. The van der Waals surface area contributed by atoms with Gasteiger partial charge in [0.05, 0.1) is 18.0 Å². The van der Waals surface area contributed by atoms with Crippen molar-refractivity contribution in [3.63, 3.8) is 0 Å². The summed E-state index contributed by atoms with van der Waals surface area (Å²) in [4.78, 5) is 23.1. The zero-order valence-corrected chi connectivity index (χ0v) is 14.7. The van der Waals surface area contributed by atoms with Gasteiger partial charge in [-0.05, 0) is 42.8 Å². The van der Waals surface area contributed by atoms with Gasteiger partial charge in [0.2, 0.25) is 17.0 Å². The van der Waals surface area contributed by atoms with Crippen LogP contribution in [0, 0.1) is 13.8 Å². The van der Waals surface area contributed by atoms with Crippen molar-refractivity contribution >= 4 is 23.6 Å². The molecule has 24 heavy (non-hydrogen) atoms. The number of aryl methyl sites for hydroxylation is 2. The number of amides is 2. The summed E-state index contributed by atoms with van der Waals surface area (Å²) >= 11 is 1.22. The minimum atomic E-state index is -0.249. The second kappa shape index (κ2) is 8.44. The van der Waals surface area contributed by atoms with Crippen molar-refractivity contribution < 1.29 is 9.59 Å². The number of tetrazole rings is 1. The van der Waals surface area contributed by atoms with Gasteiger partial charge in [0.1, 0.15) is 0 Å². The molecule has 0 bridgehead atoms. The van der Waals surface area contributed by atoms with Gasteiger partial charge < -0.3 is 10.6 Å². The normalized spacial score (nSPS) is 10.5. The molecule has 0 aliphatic carbocycles. The molecule has 2 amide bonds. The van der Waals surface area contributed by atoms with Crippen LogP contribution in [0.2, 0.25) is 0 Å². The number of hydrogen-bond donors (Lipinski definition) is 2. The van der Waals surface area contributed by atoms with Crippen molar-refractivity contribution in [2.45, 2.75) is 25.9 Å². The molecule has 0 aliphatic heterocycles. The fourth-order valence-corrected chi connectivity index (χ4v) is 2.80. The van der Waals surface area contributed by atoms with Crippen LogP contribution in [0.15, 0.2) is 23.4 Å². The molecule has 1 aromatic carbocycles. The van der Waals surface area contributed by atoms with Crippen LogP contribution in [0.4, 0.5) is 0 Å². The van der Waals surface area contributed by atoms with E-state index in [1.165, 1.54) is 11.8 Å². The summed E-state index contributed by atoms with van der Waals surface area (Å²) in [5, 5.41) is 17.3. The number of likely N-dealkylation sites (N-methyl/N-ethyl adjacent to an activating group) is 1. The third-order valence-corrected chi connectivity index (χ3v) is 4.09. The Morgan fingerprint density at radius 2 is 2.00 bits per heavy atom. The molecular weight excluding hydrogens is 328 g/mol. The molecular formula is C15H20N6O2S. The molecule has 2 aromatic rings. The van der Waals surface area contributed by atoms with E-state index in [0.717, 1.165) is 16.8 Å². The number of thioether (sulfide) groups is 1. The lowest BCUT2D eigenvalue weighted by Crippen LogP contribution is -2.37. The number of carbonyl (C=O) groups excluding carboxylic acids is 2. The number of aromatic nitrogens is 4. The topological polar surface area (TPSA) is 102 Å². The Kier molecular flexibility index (Phi) is 6.30. The smallest absolute Gasteiger partial charge is 0.239 e. The number of nitrogens with zero attached hydrogens (tertiary/aromatic N) is 4. The van der Waals surface area contributed by atoms with Crippen molar-refractivity contribution in [2.24, 2.45) is 0 Å². The standard InChI is InChI=1S/C15H20N6O2S/c1-4-16-13(22)8-17-14(23)9-24-15-18-19-20-21(15)12-6-5-10(2)7-11(12)3/h5-7H,4,8-9H2,1-3H3,(H,16,22)(H,17,23). The second-order valence-corrected chi connectivity index (χ2v) is 6.12. The zero-order chi connectivity index (χ0) is 17.5. The number of hydrogen-bond acceptors (Lipinski definition) is 6. The van der Waals surface area contributed by atoms with Crippen LogP contribution in [0.5, 0.6) is 0 Å². The van der Waals surface area contributed by atoms with Gasteiger partial charge in [-0.25, -0.2) is 0 Å². The summed E-state index contributed by atoms with van der Waals surface area (Å²) in [5.74, 6) is -0.331. The summed E-state index contributed by atoms with van der Waals surface area (Å²) in [5.41, 5.74) is 3.07. The molecule has 9 heteroatoms. The summed E-state index contributed by atoms with van der Waals surface area (Å²) in [6.07, 6.45) is 0. The highest BCUT2D eigenvalue weighted by atomic mass is 32.2. The van der Waals surface area contributed by atoms with E-state index in [1.807, 2.05) is 39.0 Å². The molecule has 0 spiro atoms. The van der Waals surface area contributed by atoms with E-state index in [-0.39, 0.29) is 24.1 Å². The van der Waals surface area contributed by atoms with E-state index in [9.17, 15) is 9.59 Å². The minimum Gasteiger partial charge on any atom is -0.355 e. The van der Waals surface area contributed by atoms with E-state index in [1.54, 1.807) is 4.68 Å². The molecule has 2 N–H and O–H groups in total. The Morgan fingerprint density at radius 3 is 2.71 bits per heavy atom. The summed E-state index contributed by atoms with van der Waals surface area (Å²) in [6.45, 7) is 6.33. The fraction of sp³-hybridized carbons (Fsp3) is 0.400. The fourth-order valence-electron chi connectivity index (χ4n) is 2.08. The maximum atomic E-state index is 11.8. The van der Waals surface area contributed by atoms with Gasteiger partial charge in [0.25, 0.3) is 0 Å². The molecule has 0 saturated carbocycles. The maximum Gasteiger partial charge on any atom is 0.239 e. The number of carbonyl (C=O) groups is 2. The Balaban J connectivity index is 1.96. The lowest BCUT2D eigenvalue weighted by molar-refractivity contribution is -0.124. The van der Waals surface area contributed by atoms with Gasteiger partial charge in [0.15, 0.2) is 0 Å². The minimum absolute atomic E-state index is 0.0325. The first-order chi connectivity index (χ1) is 11.5. The number of benzene rings is 1. The van der Waals surface area contributed by atoms with Crippen molar-refractivity contribution in [3.8, 4) is 5.69 Å². The van der Waals surface area contributed by atoms with Gasteiger partial charge in [0, 0.05) is 6.54 Å². The summed E-state index contributed by atoms with van der Waals surface area (Å²) in [7, 11) is 0. The Bertz CT molecular complexity index is 731. The average Bonchev–Trinajstić information content (AvgIpc) is 2.99. The molecule has 0 atom stereocenters. The van der Waals surface area contributed by atoms with Crippen molar-refractivity contribution in [1.29, 1.82) is 0 Å². The van der Waals surface area contributed by atoms with Crippen LogP contribution >= 0.6 is 11.8 Å². The quantitative estimate of drug-likeness (QED) is 0.712. The van der Waals surface area contributed by atoms with E-state index < -0.39 is 0 Å². The van der Waals surface area contributed by atoms with Crippen LogP contribution in [-0.2, 0) is 9.59 Å². The van der Waals surface area contributed by atoms with Crippen LogP contribution in [0.25, 0.3) is 5.69 Å². The Hall–Kier alpha value is -2.42. The van der Waals surface area contributed by atoms with E-state index >= 15 is 0 Å². The predicted octanol–water partition coefficient (Wildman–Crippen LogP) is 0.624. The Morgan fingerprint density at radius 1 is 1.21 bits per heavy atom. The average molecular weight is 348 g/mol. The molecule has 0 radical (unpaired) electrons. The van der Waals surface area contributed by atoms with Crippen molar-refractivity contribution in [3.05, 3.63) is 29.3 Å². The van der Waals surface area contributed by atoms with Crippen molar-refractivity contribution in [2.75, 3.05) is 18.8 Å². The van der Waals surface area contributed by atoms with Gasteiger partial charge in [-0.3, -0.25) is 9.59 Å². The lowest BCUT2D eigenvalue weighted by atomic mass is 10.1. The van der Waals surface area contributed by atoms with E-state index in [2.05, 4.69) is 26.2 Å². The van der Waals surface area contributed by atoms with Gasteiger partial charge >= 0.3 is 0 Å². The summed E-state index contributed by atoms with van der Waals surface area (Å²) in [6, 6.07) is 5.97. The van der Waals surface area contributed by atoms with Crippen LogP contribution in [-0.4, -0.2) is 50.9 Å². The maximum absolute atomic E-state index is 11.8. The third kappa shape index (κ3) is 4.79. The Labute approximate surface area is 144 Å². The van der Waals surface area contributed by atoms with E-state index in [0.29, 0.717) is 11.7 Å². The molecule has 8 nitrogen and oxygen atoms in total. The SMILES string of the molecule is CCNC(=O)CNC(=O)CSc1nnnn1-c1ccc(C)cc1C. The highest BCUT2D eigenvalue weighted by Crippen LogP contribution is 2.21. The molecule has 128 valence electrons. The molecule has 0 fully saturated rings. The molecule has 0 aliphatic rings. The molecule has 1 aromatic heterocycles. The van der Waals surface area contributed by atoms with Gasteiger partial charge in [-0.2, -0.15) is 4.68 Å². The lowest BCUT2D eigenvalue weighted by Gasteiger charge is -2.08. The number of nitrogens with one attached hydrogen (secondary N) is 2. The largest absolute Gasteiger partial charge is 0.355 e.